The van der Waals surface area contributed by atoms with Crippen LogP contribution in [0.1, 0.15) is 16.7 Å². The fourth-order valence-electron chi connectivity index (χ4n) is 1.000. The highest BCUT2D eigenvalue weighted by Gasteiger charge is 2.33. The molecule has 2 N–H and O–H groups in total. The van der Waals surface area contributed by atoms with Gasteiger partial charge in [0.05, 0.1) is 0 Å². The van der Waals surface area contributed by atoms with E-state index >= 15 is 0 Å². The lowest BCUT2D eigenvalue weighted by atomic mass is 10.4. The van der Waals surface area contributed by atoms with E-state index in [9.17, 15) is 18.0 Å². The van der Waals surface area contributed by atoms with Crippen molar-refractivity contribution in [1.29, 1.82) is 0 Å². The fourth-order valence-corrected chi connectivity index (χ4v) is 1.58. The molecule has 0 radical (unpaired) electrons. The molecule has 5 nitrogen and oxygen atoms in total. The van der Waals surface area contributed by atoms with Crippen LogP contribution in [-0.4, -0.2) is 40.3 Å². The molecule has 1 aromatic heterocycles. The van der Waals surface area contributed by atoms with Gasteiger partial charge in [-0.1, -0.05) is 11.3 Å². The highest BCUT2D eigenvalue weighted by atomic mass is 32.1. The summed E-state index contributed by atoms with van der Waals surface area (Å²) in [5, 5.41) is 6.68. The minimum Gasteiger partial charge on any atom is -0.374 e. The Balaban J connectivity index is 2.78. The van der Waals surface area contributed by atoms with Gasteiger partial charge in [-0.05, 0) is 6.92 Å². The average molecular weight is 254 g/mol. The van der Waals surface area contributed by atoms with Crippen molar-refractivity contribution >= 4 is 22.4 Å². The Kier molecular flexibility index (Phi) is 3.68. The molecule has 1 heterocycles. The Morgan fingerprint density at radius 2 is 2.12 bits per heavy atom. The second-order valence-corrected chi connectivity index (χ2v) is 3.89. The van der Waals surface area contributed by atoms with E-state index in [1.165, 1.54) is 6.92 Å². The Bertz CT molecular complexity index is 378. The molecule has 1 rings (SSSR count). The molecule has 0 aliphatic carbocycles. The zero-order chi connectivity index (χ0) is 12.3. The fraction of sp³-hybridized carbons (Fsp3) is 0.571. The van der Waals surface area contributed by atoms with Crippen molar-refractivity contribution in [3.8, 4) is 0 Å². The summed E-state index contributed by atoms with van der Waals surface area (Å²) in [6.45, 7) is 0.0910. The molecule has 0 saturated heterocycles. The topological polar surface area (TPSA) is 72.1 Å². The molecule has 0 aliphatic heterocycles. The molecule has 1 amide bonds. The summed E-state index contributed by atoms with van der Waals surface area (Å²) >= 11 is 0.763. The predicted octanol–water partition coefficient (Wildman–Crippen LogP) is 1.14. The molecule has 0 saturated carbocycles. The second-order valence-electron chi connectivity index (χ2n) is 2.88. The SMILES string of the molecule is CCN(CC(F)(F)F)C(=O)c1nnc(N)s1. The van der Waals surface area contributed by atoms with Crippen LogP contribution in [0.3, 0.4) is 0 Å². The lowest BCUT2D eigenvalue weighted by Crippen LogP contribution is -2.38. The van der Waals surface area contributed by atoms with Crippen LogP contribution in [0.5, 0.6) is 0 Å². The van der Waals surface area contributed by atoms with Crippen LogP contribution < -0.4 is 5.73 Å². The maximum absolute atomic E-state index is 12.1. The van der Waals surface area contributed by atoms with Gasteiger partial charge in [0.15, 0.2) is 0 Å². The van der Waals surface area contributed by atoms with E-state index in [1.54, 1.807) is 0 Å². The first kappa shape index (κ1) is 12.7. The van der Waals surface area contributed by atoms with Gasteiger partial charge in [0, 0.05) is 6.54 Å². The van der Waals surface area contributed by atoms with Crippen molar-refractivity contribution in [2.24, 2.45) is 0 Å². The van der Waals surface area contributed by atoms with Crippen molar-refractivity contribution in [2.45, 2.75) is 13.1 Å². The van der Waals surface area contributed by atoms with Crippen molar-refractivity contribution in [2.75, 3.05) is 18.8 Å². The standard InChI is InChI=1S/C7H9F3N4OS/c1-2-14(3-7(8,9)10)5(15)4-12-13-6(11)16-4/h2-3H2,1H3,(H2,11,13). The highest BCUT2D eigenvalue weighted by molar-refractivity contribution is 7.16. The first-order valence-corrected chi connectivity index (χ1v) is 5.10. The number of anilines is 1. The lowest BCUT2D eigenvalue weighted by Gasteiger charge is -2.20. The van der Waals surface area contributed by atoms with Crippen molar-refractivity contribution < 1.29 is 18.0 Å². The third kappa shape index (κ3) is 3.33. The molecule has 0 bridgehead atoms. The number of carbonyl (C=O) groups excluding carboxylic acids is 1. The molecule has 0 aromatic carbocycles. The lowest BCUT2D eigenvalue weighted by molar-refractivity contribution is -0.140. The molecule has 0 atom stereocenters. The summed E-state index contributed by atoms with van der Waals surface area (Å²) in [7, 11) is 0. The Hall–Kier alpha value is -1.38. The van der Waals surface area contributed by atoms with E-state index in [2.05, 4.69) is 10.2 Å². The quantitative estimate of drug-likeness (QED) is 0.878. The molecular formula is C7H9F3N4OS. The maximum atomic E-state index is 12.1. The van der Waals surface area contributed by atoms with Gasteiger partial charge >= 0.3 is 6.18 Å². The summed E-state index contributed by atoms with van der Waals surface area (Å²) in [6.07, 6.45) is -4.43. The van der Waals surface area contributed by atoms with E-state index in [-0.39, 0.29) is 16.7 Å². The first-order chi connectivity index (χ1) is 7.33. The monoisotopic (exact) mass is 254 g/mol. The van der Waals surface area contributed by atoms with Crippen LogP contribution in [0, 0.1) is 0 Å². The number of alkyl halides is 3. The number of nitrogens with two attached hydrogens (primary N) is 1. The zero-order valence-electron chi connectivity index (χ0n) is 8.28. The minimum atomic E-state index is -4.43. The van der Waals surface area contributed by atoms with Gasteiger partial charge in [0.2, 0.25) is 10.1 Å². The number of amides is 1. The van der Waals surface area contributed by atoms with E-state index in [4.69, 9.17) is 5.73 Å². The minimum absolute atomic E-state index is 0.0476. The highest BCUT2D eigenvalue weighted by Crippen LogP contribution is 2.19. The van der Waals surface area contributed by atoms with Gasteiger partial charge in [-0.3, -0.25) is 4.79 Å². The molecule has 16 heavy (non-hydrogen) atoms. The normalized spacial score (nSPS) is 11.5. The van der Waals surface area contributed by atoms with Gasteiger partial charge < -0.3 is 10.6 Å². The summed E-state index contributed by atoms with van der Waals surface area (Å²) in [5.41, 5.74) is 5.24. The summed E-state index contributed by atoms with van der Waals surface area (Å²) in [5.74, 6) is -0.811. The number of hydrogen-bond donors (Lipinski definition) is 1. The molecule has 1 aromatic rings. The van der Waals surface area contributed by atoms with Crippen LogP contribution in [0.25, 0.3) is 0 Å². The molecule has 0 aliphatic rings. The zero-order valence-corrected chi connectivity index (χ0v) is 9.10. The summed E-state index contributed by atoms with van der Waals surface area (Å²) in [4.78, 5) is 12.2. The predicted molar refractivity (Wildman–Crippen MR) is 52.0 cm³/mol. The number of nitrogens with zero attached hydrogens (tertiary/aromatic N) is 3. The maximum Gasteiger partial charge on any atom is 0.406 e. The van der Waals surface area contributed by atoms with Crippen molar-refractivity contribution in [3.63, 3.8) is 0 Å². The van der Waals surface area contributed by atoms with Gasteiger partial charge in [-0.2, -0.15) is 13.2 Å². The smallest absolute Gasteiger partial charge is 0.374 e. The molecule has 0 spiro atoms. The van der Waals surface area contributed by atoms with Crippen molar-refractivity contribution in [1.82, 2.24) is 15.1 Å². The number of halogens is 3. The molecule has 0 fully saturated rings. The van der Waals surface area contributed by atoms with Crippen molar-refractivity contribution in [3.05, 3.63) is 5.01 Å². The van der Waals surface area contributed by atoms with Crippen LogP contribution in [0.2, 0.25) is 0 Å². The van der Waals surface area contributed by atoms with Gasteiger partial charge in [-0.15, -0.1) is 10.2 Å². The van der Waals surface area contributed by atoms with Gasteiger partial charge in [0.25, 0.3) is 5.91 Å². The summed E-state index contributed by atoms with van der Waals surface area (Å²) in [6, 6.07) is 0. The van der Waals surface area contributed by atoms with Gasteiger partial charge in [-0.25, -0.2) is 0 Å². The Morgan fingerprint density at radius 1 is 1.50 bits per heavy atom. The number of aromatic nitrogens is 2. The van der Waals surface area contributed by atoms with Crippen LogP contribution in [0.4, 0.5) is 18.3 Å². The number of rotatable bonds is 3. The first-order valence-electron chi connectivity index (χ1n) is 4.28. The van der Waals surface area contributed by atoms with Crippen LogP contribution in [0.15, 0.2) is 0 Å². The van der Waals surface area contributed by atoms with E-state index in [0.717, 1.165) is 11.3 Å². The number of carbonyl (C=O) groups is 1. The third-order valence-electron chi connectivity index (χ3n) is 1.66. The molecule has 0 unspecified atom stereocenters. The molecule has 90 valence electrons. The van der Waals surface area contributed by atoms with E-state index in [1.807, 2.05) is 0 Å². The third-order valence-corrected chi connectivity index (χ3v) is 2.40. The number of nitrogen functional groups attached to an aromatic ring is 1. The average Bonchev–Trinajstić information content (AvgIpc) is 2.58. The molecule has 9 heteroatoms. The Morgan fingerprint density at radius 3 is 2.50 bits per heavy atom. The Labute approximate surface area is 93.1 Å². The van der Waals surface area contributed by atoms with Crippen LogP contribution in [-0.2, 0) is 0 Å². The number of hydrogen-bond acceptors (Lipinski definition) is 5. The molecular weight excluding hydrogens is 245 g/mol. The van der Waals surface area contributed by atoms with Crippen LogP contribution >= 0.6 is 11.3 Å². The van der Waals surface area contributed by atoms with E-state index in [0.29, 0.717) is 4.90 Å². The largest absolute Gasteiger partial charge is 0.406 e. The van der Waals surface area contributed by atoms with Gasteiger partial charge in [0.1, 0.15) is 6.54 Å². The van der Waals surface area contributed by atoms with E-state index < -0.39 is 18.6 Å². The second kappa shape index (κ2) is 4.64. The summed E-state index contributed by atoms with van der Waals surface area (Å²) < 4.78 is 36.4.